The number of nitro groups is 1. The van der Waals surface area contributed by atoms with Gasteiger partial charge in [0.05, 0.1) is 24.0 Å². The van der Waals surface area contributed by atoms with Crippen LogP contribution in [0.3, 0.4) is 0 Å². The highest BCUT2D eigenvalue weighted by molar-refractivity contribution is 9.10. The number of nitrogens with zero attached hydrogens (tertiary/aromatic N) is 2. The lowest BCUT2D eigenvalue weighted by Crippen LogP contribution is -2.05. The molecule has 17 heavy (non-hydrogen) atoms. The fourth-order valence-electron chi connectivity index (χ4n) is 1.22. The zero-order chi connectivity index (χ0) is 13.0. The monoisotopic (exact) mass is 298 g/mol. The molecule has 0 amide bonds. The lowest BCUT2D eigenvalue weighted by molar-refractivity contribution is -0.385. The van der Waals surface area contributed by atoms with Gasteiger partial charge in [-0.1, -0.05) is 0 Å². The largest absolute Gasteiger partial charge is 0.469 e. The van der Waals surface area contributed by atoms with Crippen molar-refractivity contribution in [1.29, 1.82) is 5.26 Å². The van der Waals surface area contributed by atoms with Crippen molar-refractivity contribution in [2.45, 2.75) is 6.42 Å². The molecule has 0 saturated heterocycles. The first-order valence-corrected chi connectivity index (χ1v) is 5.22. The average molecular weight is 299 g/mol. The standard InChI is InChI=1S/C10H7BrN2O4/c1-17-9(14)4-6-2-7(5-12)10(11)8(3-6)13(15)16/h2-3H,4H2,1H3. The van der Waals surface area contributed by atoms with E-state index in [1.54, 1.807) is 0 Å². The van der Waals surface area contributed by atoms with Gasteiger partial charge < -0.3 is 4.74 Å². The summed E-state index contributed by atoms with van der Waals surface area (Å²) >= 11 is 2.98. The van der Waals surface area contributed by atoms with Gasteiger partial charge in [0.1, 0.15) is 10.5 Å². The summed E-state index contributed by atoms with van der Waals surface area (Å²) in [6.07, 6.45) is -0.112. The fraction of sp³-hybridized carbons (Fsp3) is 0.200. The van der Waals surface area contributed by atoms with E-state index in [9.17, 15) is 14.9 Å². The third-order valence-corrected chi connectivity index (χ3v) is 2.84. The molecule has 1 aromatic rings. The van der Waals surface area contributed by atoms with E-state index in [1.807, 2.05) is 6.07 Å². The second-order valence-corrected chi connectivity index (χ2v) is 3.89. The Morgan fingerprint density at radius 2 is 2.29 bits per heavy atom. The molecule has 0 aromatic heterocycles. The summed E-state index contributed by atoms with van der Waals surface area (Å²) in [7, 11) is 1.22. The van der Waals surface area contributed by atoms with E-state index in [0.717, 1.165) is 0 Å². The Labute approximate surface area is 105 Å². The molecular weight excluding hydrogens is 292 g/mol. The fourth-order valence-corrected chi connectivity index (χ4v) is 1.68. The Hall–Kier alpha value is -1.94. The lowest BCUT2D eigenvalue weighted by atomic mass is 10.1. The van der Waals surface area contributed by atoms with Gasteiger partial charge in [0, 0.05) is 6.07 Å². The molecule has 0 saturated carbocycles. The van der Waals surface area contributed by atoms with Crippen molar-refractivity contribution in [1.82, 2.24) is 0 Å². The van der Waals surface area contributed by atoms with Crippen molar-refractivity contribution >= 4 is 27.6 Å². The van der Waals surface area contributed by atoms with Crippen LogP contribution in [-0.2, 0) is 16.0 Å². The number of carbonyl (C=O) groups is 1. The zero-order valence-electron chi connectivity index (χ0n) is 8.77. The number of esters is 1. The molecule has 0 N–H and O–H groups in total. The van der Waals surface area contributed by atoms with E-state index in [4.69, 9.17) is 5.26 Å². The van der Waals surface area contributed by atoms with Gasteiger partial charge in [-0.3, -0.25) is 14.9 Å². The third-order valence-electron chi connectivity index (χ3n) is 2.01. The molecule has 1 aromatic carbocycles. The van der Waals surface area contributed by atoms with Crippen LogP contribution in [-0.4, -0.2) is 18.0 Å². The van der Waals surface area contributed by atoms with Crippen molar-refractivity contribution in [2.24, 2.45) is 0 Å². The highest BCUT2D eigenvalue weighted by Crippen LogP contribution is 2.29. The predicted molar refractivity (Wildman–Crippen MR) is 61.2 cm³/mol. The van der Waals surface area contributed by atoms with E-state index in [-0.39, 0.29) is 22.1 Å². The number of benzene rings is 1. The van der Waals surface area contributed by atoms with Crippen molar-refractivity contribution in [3.8, 4) is 6.07 Å². The lowest BCUT2D eigenvalue weighted by Gasteiger charge is -2.03. The molecule has 0 spiro atoms. The highest BCUT2D eigenvalue weighted by Gasteiger charge is 2.18. The second kappa shape index (κ2) is 5.41. The van der Waals surface area contributed by atoms with Crippen molar-refractivity contribution in [3.05, 3.63) is 37.8 Å². The number of halogens is 1. The summed E-state index contributed by atoms with van der Waals surface area (Å²) in [5.41, 5.74) is 0.226. The number of nitro benzene ring substituents is 1. The SMILES string of the molecule is COC(=O)Cc1cc(C#N)c(Br)c([N+](=O)[O-])c1. The van der Waals surface area contributed by atoms with E-state index in [0.29, 0.717) is 5.56 Å². The molecule has 1 rings (SSSR count). The average Bonchev–Trinajstić information content (AvgIpc) is 2.30. The van der Waals surface area contributed by atoms with Crippen LogP contribution in [0, 0.1) is 21.4 Å². The van der Waals surface area contributed by atoms with E-state index in [2.05, 4.69) is 20.7 Å². The van der Waals surface area contributed by atoms with Crippen LogP contribution in [0.25, 0.3) is 0 Å². The second-order valence-electron chi connectivity index (χ2n) is 3.10. The first kappa shape index (κ1) is 13.1. The Bertz CT molecular complexity index is 522. The summed E-state index contributed by atoms with van der Waals surface area (Å²) in [5, 5.41) is 19.6. The van der Waals surface area contributed by atoms with Crippen molar-refractivity contribution in [2.75, 3.05) is 7.11 Å². The molecule has 0 aliphatic rings. The van der Waals surface area contributed by atoms with Crippen LogP contribution >= 0.6 is 15.9 Å². The molecule has 0 radical (unpaired) electrons. The Morgan fingerprint density at radius 1 is 1.65 bits per heavy atom. The summed E-state index contributed by atoms with van der Waals surface area (Å²) in [4.78, 5) is 21.2. The van der Waals surface area contributed by atoms with Crippen molar-refractivity contribution < 1.29 is 14.5 Å². The summed E-state index contributed by atoms with van der Waals surface area (Å²) < 4.78 is 4.56. The number of ether oxygens (including phenoxy) is 1. The van der Waals surface area contributed by atoms with E-state index >= 15 is 0 Å². The van der Waals surface area contributed by atoms with Crippen LogP contribution < -0.4 is 0 Å². The van der Waals surface area contributed by atoms with Crippen LogP contribution in [0.5, 0.6) is 0 Å². The summed E-state index contributed by atoms with van der Waals surface area (Å²) in [5.74, 6) is -0.523. The minimum Gasteiger partial charge on any atom is -0.469 e. The van der Waals surface area contributed by atoms with Gasteiger partial charge in [0.2, 0.25) is 0 Å². The maximum absolute atomic E-state index is 11.1. The van der Waals surface area contributed by atoms with Gasteiger partial charge in [-0.2, -0.15) is 5.26 Å². The molecule has 0 heterocycles. The third kappa shape index (κ3) is 3.01. The molecule has 0 atom stereocenters. The summed E-state index contributed by atoms with van der Waals surface area (Å²) in [6.45, 7) is 0. The van der Waals surface area contributed by atoms with Gasteiger partial charge in [-0.05, 0) is 27.6 Å². The predicted octanol–water partition coefficient (Wildman–Crippen LogP) is 1.94. The number of methoxy groups -OCH3 is 1. The van der Waals surface area contributed by atoms with Crippen molar-refractivity contribution in [3.63, 3.8) is 0 Å². The number of hydrogen-bond acceptors (Lipinski definition) is 5. The molecule has 0 bridgehead atoms. The van der Waals surface area contributed by atoms with Crippen LogP contribution in [0.15, 0.2) is 16.6 Å². The molecule has 0 unspecified atom stereocenters. The molecule has 7 heteroatoms. The molecule has 0 fully saturated rings. The number of rotatable bonds is 3. The maximum Gasteiger partial charge on any atom is 0.309 e. The highest BCUT2D eigenvalue weighted by atomic mass is 79.9. The minimum absolute atomic E-state index is 0.109. The maximum atomic E-state index is 11.1. The molecular formula is C10H7BrN2O4. The Kier molecular flexibility index (Phi) is 4.17. The topological polar surface area (TPSA) is 93.2 Å². The molecule has 0 aliphatic heterocycles. The first-order valence-electron chi connectivity index (χ1n) is 4.43. The first-order chi connectivity index (χ1) is 7.99. The molecule has 0 aliphatic carbocycles. The Morgan fingerprint density at radius 3 is 2.76 bits per heavy atom. The number of nitriles is 1. The smallest absolute Gasteiger partial charge is 0.309 e. The summed E-state index contributed by atoms with van der Waals surface area (Å²) in [6, 6.07) is 4.47. The van der Waals surface area contributed by atoms with Gasteiger partial charge >= 0.3 is 5.97 Å². The van der Waals surface area contributed by atoms with Gasteiger partial charge in [0.25, 0.3) is 5.69 Å². The quantitative estimate of drug-likeness (QED) is 0.483. The van der Waals surface area contributed by atoms with Gasteiger partial charge in [0.15, 0.2) is 0 Å². The normalized spacial score (nSPS) is 9.47. The van der Waals surface area contributed by atoms with Crippen LogP contribution in [0.1, 0.15) is 11.1 Å². The van der Waals surface area contributed by atoms with E-state index < -0.39 is 10.9 Å². The van der Waals surface area contributed by atoms with Gasteiger partial charge in [-0.15, -0.1) is 0 Å². The molecule has 6 nitrogen and oxygen atoms in total. The van der Waals surface area contributed by atoms with Gasteiger partial charge in [-0.25, -0.2) is 0 Å². The number of hydrogen-bond donors (Lipinski definition) is 0. The number of carbonyl (C=O) groups excluding carboxylic acids is 1. The Balaban J connectivity index is 3.26. The van der Waals surface area contributed by atoms with Crippen LogP contribution in [0.4, 0.5) is 5.69 Å². The van der Waals surface area contributed by atoms with E-state index in [1.165, 1.54) is 19.2 Å². The molecule has 88 valence electrons. The zero-order valence-corrected chi connectivity index (χ0v) is 10.4. The minimum atomic E-state index is -0.619. The van der Waals surface area contributed by atoms with Crippen LogP contribution in [0.2, 0.25) is 0 Å².